The Morgan fingerprint density at radius 3 is 2.79 bits per heavy atom. The Morgan fingerprint density at radius 2 is 2.00 bits per heavy atom. The number of benzene rings is 2. The Bertz CT molecular complexity index is 2220. The molecule has 1 amide bonds. The number of halogens is 3. The minimum absolute atomic E-state index is 0.0178. The second-order valence-corrected chi connectivity index (χ2v) is 14.6. The lowest BCUT2D eigenvalue weighted by Gasteiger charge is -2.47. The molecule has 53 heavy (non-hydrogen) atoms. The van der Waals surface area contributed by atoms with Gasteiger partial charge in [-0.1, -0.05) is 12.0 Å². The summed E-state index contributed by atoms with van der Waals surface area (Å²) < 4.78 is 71.1. The summed E-state index contributed by atoms with van der Waals surface area (Å²) in [6, 6.07) is 4.55. The number of hydrogen-bond donors (Lipinski definition) is 1. The minimum Gasteiger partial charge on any atom is -0.472 e. The van der Waals surface area contributed by atoms with E-state index in [1.807, 2.05) is 11.8 Å². The average molecular weight is 731 g/mol. The molecule has 276 valence electrons. The van der Waals surface area contributed by atoms with Gasteiger partial charge in [-0.15, -0.1) is 6.42 Å². The van der Waals surface area contributed by atoms with E-state index in [0.29, 0.717) is 42.8 Å². The molecule has 0 radical (unpaired) electrons. The van der Waals surface area contributed by atoms with Gasteiger partial charge in [0.05, 0.1) is 29.2 Å². The highest BCUT2D eigenvalue weighted by Crippen LogP contribution is 2.48. The predicted molar refractivity (Wildman–Crippen MR) is 187 cm³/mol. The molecular weight excluding hydrogens is 693 g/mol. The van der Waals surface area contributed by atoms with E-state index in [2.05, 4.69) is 15.8 Å². The number of anilines is 1. The van der Waals surface area contributed by atoms with Gasteiger partial charge in [0.1, 0.15) is 52.9 Å². The van der Waals surface area contributed by atoms with Crippen molar-refractivity contribution in [1.29, 1.82) is 0 Å². The molecule has 7 heterocycles. The minimum atomic E-state index is -1.02. The molecule has 5 aliphatic heterocycles. The third kappa shape index (κ3) is 5.20. The quantitative estimate of drug-likeness (QED) is 0.191. The van der Waals surface area contributed by atoms with Crippen LogP contribution in [0.15, 0.2) is 24.3 Å². The summed E-state index contributed by atoms with van der Waals surface area (Å²) in [4.78, 5) is 32.3. The number of nitrogens with zero attached hydrogens (tertiary/aromatic N) is 6. The van der Waals surface area contributed by atoms with E-state index in [0.717, 1.165) is 19.4 Å². The number of rotatable bonds is 7. The van der Waals surface area contributed by atoms with Crippen LogP contribution in [0.2, 0.25) is 0 Å². The summed E-state index contributed by atoms with van der Waals surface area (Å²) in [6.45, 7) is 3.19. The molecule has 1 N–H and O–H groups in total. The Hall–Kier alpha value is -5.07. The molecule has 4 fully saturated rings. The number of piperazine rings is 1. The number of carbonyl (C=O) groups is 1. The maximum absolute atomic E-state index is 17.5. The molecule has 0 spiro atoms. The van der Waals surface area contributed by atoms with Crippen molar-refractivity contribution >= 4 is 33.6 Å². The van der Waals surface area contributed by atoms with Crippen molar-refractivity contribution in [2.45, 2.75) is 75.0 Å². The summed E-state index contributed by atoms with van der Waals surface area (Å²) >= 11 is 0. The van der Waals surface area contributed by atoms with Crippen molar-refractivity contribution in [2.24, 2.45) is 0 Å². The molecule has 12 nitrogen and oxygen atoms in total. The van der Waals surface area contributed by atoms with Crippen LogP contribution >= 0.6 is 0 Å². The number of ether oxygens (including phenoxy) is 4. The molecule has 4 saturated heterocycles. The second kappa shape index (κ2) is 12.5. The monoisotopic (exact) mass is 730 g/mol. The van der Waals surface area contributed by atoms with Gasteiger partial charge in [0.15, 0.2) is 12.6 Å². The van der Waals surface area contributed by atoms with Crippen LogP contribution in [0.25, 0.3) is 32.9 Å². The fraction of sp³-hybridized carbons (Fsp3) is 0.474. The highest BCUT2D eigenvalue weighted by Gasteiger charge is 2.53. The van der Waals surface area contributed by atoms with Crippen LogP contribution in [-0.4, -0.2) is 112 Å². The molecule has 0 saturated carbocycles. The smallest absolute Gasteiger partial charge is 0.407 e. The van der Waals surface area contributed by atoms with Crippen molar-refractivity contribution in [3.8, 4) is 41.2 Å². The van der Waals surface area contributed by atoms with E-state index in [1.165, 1.54) is 30.2 Å². The normalized spacial score (nSPS) is 27.4. The van der Waals surface area contributed by atoms with Crippen LogP contribution in [0.5, 0.6) is 17.6 Å². The number of terminal acetylenes is 1. The SMILES string of the molecule is C#Cc1c(F)ccc2cc(OCOC)cc(-c3nc4c5c(nc(OC[C@@]67CCCN6C[C@H](F)C7)nc5c3F)N3CC5CCC(C3C(C)O4)N5C(=O)O)c12. The summed E-state index contributed by atoms with van der Waals surface area (Å²) in [6.07, 6.45) is 6.41. The maximum Gasteiger partial charge on any atom is 0.407 e. The number of pyridine rings is 1. The first-order valence-electron chi connectivity index (χ1n) is 17.8. The van der Waals surface area contributed by atoms with Gasteiger partial charge in [0.25, 0.3) is 0 Å². The van der Waals surface area contributed by atoms with Gasteiger partial charge < -0.3 is 29.0 Å². The molecule has 6 atom stereocenters. The van der Waals surface area contributed by atoms with Crippen LogP contribution in [0.4, 0.5) is 23.8 Å². The summed E-state index contributed by atoms with van der Waals surface area (Å²) in [5.41, 5.74) is -0.863. The van der Waals surface area contributed by atoms with Gasteiger partial charge in [-0.05, 0) is 62.7 Å². The van der Waals surface area contributed by atoms with Gasteiger partial charge >= 0.3 is 12.1 Å². The zero-order chi connectivity index (χ0) is 36.8. The molecular formula is C38H37F3N6O6. The summed E-state index contributed by atoms with van der Waals surface area (Å²) in [5.74, 6) is 1.50. The lowest BCUT2D eigenvalue weighted by Crippen LogP contribution is -2.64. The Morgan fingerprint density at radius 1 is 1.15 bits per heavy atom. The fourth-order valence-corrected chi connectivity index (χ4v) is 9.56. The molecule has 4 aromatic rings. The number of aromatic nitrogens is 3. The van der Waals surface area contributed by atoms with Crippen molar-refractivity contribution in [3.63, 3.8) is 0 Å². The number of hydrogen-bond acceptors (Lipinski definition) is 10. The van der Waals surface area contributed by atoms with Gasteiger partial charge in [0.2, 0.25) is 5.88 Å². The molecule has 2 aromatic carbocycles. The lowest BCUT2D eigenvalue weighted by atomic mass is 9.95. The highest BCUT2D eigenvalue weighted by molar-refractivity contribution is 6.04. The van der Waals surface area contributed by atoms with Crippen LogP contribution in [-0.2, 0) is 4.74 Å². The highest BCUT2D eigenvalue weighted by atomic mass is 19.1. The van der Waals surface area contributed by atoms with E-state index >= 15 is 8.78 Å². The van der Waals surface area contributed by atoms with Crippen molar-refractivity contribution in [3.05, 3.63) is 41.5 Å². The topological polar surface area (TPSA) is 123 Å². The molecule has 5 aliphatic rings. The fourth-order valence-electron chi connectivity index (χ4n) is 9.56. The maximum atomic E-state index is 17.5. The third-order valence-electron chi connectivity index (χ3n) is 11.7. The largest absolute Gasteiger partial charge is 0.472 e. The summed E-state index contributed by atoms with van der Waals surface area (Å²) in [5, 5.41) is 11.1. The van der Waals surface area contributed by atoms with Crippen LogP contribution in [0.1, 0.15) is 44.6 Å². The molecule has 15 heteroatoms. The number of amides is 1. The van der Waals surface area contributed by atoms with Gasteiger partial charge in [-0.3, -0.25) is 9.80 Å². The van der Waals surface area contributed by atoms with Crippen LogP contribution in [0, 0.1) is 24.0 Å². The lowest BCUT2D eigenvalue weighted by molar-refractivity contribution is 0.0512. The number of carboxylic acid groups (broad SMARTS) is 1. The van der Waals surface area contributed by atoms with Gasteiger partial charge in [-0.2, -0.15) is 9.97 Å². The van der Waals surface area contributed by atoms with E-state index in [1.54, 1.807) is 6.07 Å². The molecule has 2 aromatic heterocycles. The van der Waals surface area contributed by atoms with Crippen LogP contribution in [0.3, 0.4) is 0 Å². The zero-order valence-corrected chi connectivity index (χ0v) is 29.2. The Balaban J connectivity index is 1.26. The molecule has 0 aliphatic carbocycles. The van der Waals surface area contributed by atoms with Crippen LogP contribution < -0.4 is 19.1 Å². The first-order valence-corrected chi connectivity index (χ1v) is 17.8. The second-order valence-electron chi connectivity index (χ2n) is 14.6. The third-order valence-corrected chi connectivity index (χ3v) is 11.7. The first kappa shape index (κ1) is 33.7. The van der Waals surface area contributed by atoms with Gasteiger partial charge in [0, 0.05) is 37.6 Å². The van der Waals surface area contributed by atoms with E-state index < -0.39 is 47.6 Å². The average Bonchev–Trinajstić information content (AvgIpc) is 3.75. The van der Waals surface area contributed by atoms with Crippen molar-refractivity contribution in [1.82, 2.24) is 24.8 Å². The number of methoxy groups -OCH3 is 1. The molecule has 2 bridgehead atoms. The van der Waals surface area contributed by atoms with Crippen molar-refractivity contribution < 1.29 is 42.0 Å². The Labute approximate surface area is 302 Å². The Kier molecular flexibility index (Phi) is 7.97. The van der Waals surface area contributed by atoms with Gasteiger partial charge in [-0.25, -0.2) is 22.9 Å². The van der Waals surface area contributed by atoms with Crippen molar-refractivity contribution in [2.75, 3.05) is 45.0 Å². The number of alkyl halides is 1. The molecule has 9 rings (SSSR count). The first-order chi connectivity index (χ1) is 25.6. The summed E-state index contributed by atoms with van der Waals surface area (Å²) in [7, 11) is 1.46. The predicted octanol–water partition coefficient (Wildman–Crippen LogP) is 5.52. The van der Waals surface area contributed by atoms with E-state index in [9.17, 15) is 14.3 Å². The van der Waals surface area contributed by atoms with E-state index in [-0.39, 0.29) is 71.0 Å². The zero-order valence-electron chi connectivity index (χ0n) is 29.2. The number of fused-ring (bicyclic) bond motifs is 7. The molecule has 4 unspecified atom stereocenters. The van der Waals surface area contributed by atoms with E-state index in [4.69, 9.17) is 35.3 Å². The standard InChI is InChI=1S/C38H37F3N6O6/c1-4-24-26(40)8-6-20-12-23(52-18-50-3)13-25(28(20)24)31-30(41)32-29-34(44-36(43-32)51-17-38-10-5-11-45(38)15-21(39)14-38)46-16-22-7-9-27(47(22)37(48)49)33(46)19(2)53-35(29)42-31/h1,6,8,12-13,19,21-22,27,33H,5,7,9-11,14-18H2,2-3H3,(H,48,49)/t19?,21-,22?,27?,33?,38+/m1/s1.